The largest absolute Gasteiger partial charge is 0.496 e. The minimum Gasteiger partial charge on any atom is -0.496 e. The van der Waals surface area contributed by atoms with Crippen LogP contribution >= 0.6 is 0 Å². The predicted octanol–water partition coefficient (Wildman–Crippen LogP) is 3.18. The zero-order valence-electron chi connectivity index (χ0n) is 10.7. The number of rotatable bonds is 4. The summed E-state index contributed by atoms with van der Waals surface area (Å²) in [6.45, 7) is 0.698. The summed E-state index contributed by atoms with van der Waals surface area (Å²) in [6, 6.07) is 12.4. The summed E-state index contributed by atoms with van der Waals surface area (Å²) >= 11 is 0. The summed E-state index contributed by atoms with van der Waals surface area (Å²) in [7, 11) is 1.70. The van der Waals surface area contributed by atoms with E-state index < -0.39 is 0 Å². The molecule has 96 valence electrons. The van der Waals surface area contributed by atoms with Gasteiger partial charge in [-0.25, -0.2) is 0 Å². The van der Waals surface area contributed by atoms with Crippen LogP contribution in [0.1, 0.15) is 5.56 Å². The van der Waals surface area contributed by atoms with E-state index in [0.717, 1.165) is 17.0 Å². The number of hydrogen-bond acceptors (Lipinski definition) is 3. The van der Waals surface area contributed by atoms with Crippen molar-refractivity contribution in [3.63, 3.8) is 0 Å². The van der Waals surface area contributed by atoms with Crippen molar-refractivity contribution in [3.05, 3.63) is 54.4 Å². The van der Waals surface area contributed by atoms with Crippen LogP contribution in [0.4, 0.5) is 5.69 Å². The molecule has 0 atom stereocenters. The lowest BCUT2D eigenvalue weighted by Gasteiger charge is -2.12. The third-order valence-corrected chi connectivity index (χ3v) is 3.19. The minimum absolute atomic E-state index is 0.698. The van der Waals surface area contributed by atoms with Gasteiger partial charge in [-0.15, -0.1) is 0 Å². The number of nitrogens with zero attached hydrogens (tertiary/aromatic N) is 1. The van der Waals surface area contributed by atoms with Gasteiger partial charge in [-0.05, 0) is 16.8 Å². The molecule has 0 aliphatic heterocycles. The van der Waals surface area contributed by atoms with Gasteiger partial charge >= 0.3 is 0 Å². The van der Waals surface area contributed by atoms with Crippen LogP contribution in [-0.2, 0) is 6.54 Å². The number of fused-ring (bicyclic) bond motifs is 1. The molecule has 0 fully saturated rings. The summed E-state index contributed by atoms with van der Waals surface area (Å²) in [5.74, 6) is 0.898. The zero-order valence-corrected chi connectivity index (χ0v) is 10.7. The van der Waals surface area contributed by atoms with Gasteiger partial charge in [0.05, 0.1) is 19.0 Å². The van der Waals surface area contributed by atoms with Crippen molar-refractivity contribution < 1.29 is 4.74 Å². The highest BCUT2D eigenvalue weighted by Gasteiger charge is 2.08. The van der Waals surface area contributed by atoms with E-state index in [1.54, 1.807) is 13.3 Å². The second-order valence-corrected chi connectivity index (χ2v) is 4.31. The van der Waals surface area contributed by atoms with Gasteiger partial charge < -0.3 is 10.1 Å². The summed E-state index contributed by atoms with van der Waals surface area (Å²) < 4.78 is 5.46. The van der Waals surface area contributed by atoms with Crippen LogP contribution in [0.15, 0.2) is 48.8 Å². The lowest BCUT2D eigenvalue weighted by Crippen LogP contribution is -2.02. The first-order valence-electron chi connectivity index (χ1n) is 6.16. The van der Waals surface area contributed by atoms with Crippen LogP contribution in [0.3, 0.4) is 0 Å². The second kappa shape index (κ2) is 5.02. The van der Waals surface area contributed by atoms with Gasteiger partial charge in [-0.3, -0.25) is 5.10 Å². The lowest BCUT2D eigenvalue weighted by molar-refractivity contribution is 0.411. The van der Waals surface area contributed by atoms with E-state index in [4.69, 9.17) is 4.74 Å². The molecule has 0 aliphatic carbocycles. The summed E-state index contributed by atoms with van der Waals surface area (Å²) in [5, 5.41) is 12.5. The quantitative estimate of drug-likeness (QED) is 0.750. The van der Waals surface area contributed by atoms with Crippen molar-refractivity contribution in [2.75, 3.05) is 12.4 Å². The number of aromatic nitrogens is 2. The first-order chi connectivity index (χ1) is 9.38. The average Bonchev–Trinajstić information content (AvgIpc) is 2.97. The minimum atomic E-state index is 0.698. The Morgan fingerprint density at radius 1 is 1.21 bits per heavy atom. The fourth-order valence-electron chi connectivity index (χ4n) is 2.23. The Labute approximate surface area is 111 Å². The average molecular weight is 253 g/mol. The number of H-pyrrole nitrogens is 1. The van der Waals surface area contributed by atoms with Gasteiger partial charge in [0.1, 0.15) is 5.75 Å². The summed E-state index contributed by atoms with van der Waals surface area (Å²) in [5.41, 5.74) is 2.12. The summed E-state index contributed by atoms with van der Waals surface area (Å²) in [6.07, 6.45) is 3.59. The van der Waals surface area contributed by atoms with Crippen molar-refractivity contribution in [3.8, 4) is 5.75 Å². The van der Waals surface area contributed by atoms with Crippen molar-refractivity contribution in [1.82, 2.24) is 10.2 Å². The van der Waals surface area contributed by atoms with E-state index >= 15 is 0 Å². The number of benzene rings is 2. The van der Waals surface area contributed by atoms with Crippen LogP contribution in [-0.4, -0.2) is 17.3 Å². The normalized spacial score (nSPS) is 10.6. The van der Waals surface area contributed by atoms with Gasteiger partial charge in [0.25, 0.3) is 0 Å². The maximum atomic E-state index is 5.46. The lowest BCUT2D eigenvalue weighted by atomic mass is 10.0. The van der Waals surface area contributed by atoms with E-state index in [1.165, 1.54) is 10.8 Å². The fraction of sp³-hybridized carbons (Fsp3) is 0.133. The standard InChI is InChI=1S/C15H15N3O/c1-19-15-7-6-11-4-2-3-5-13(11)14(15)10-16-12-8-17-18-9-12/h2-9,16H,10H2,1H3,(H,17,18). The van der Waals surface area contributed by atoms with Crippen LogP contribution in [0.25, 0.3) is 10.8 Å². The summed E-state index contributed by atoms with van der Waals surface area (Å²) in [4.78, 5) is 0. The Bertz CT molecular complexity index is 677. The predicted molar refractivity (Wildman–Crippen MR) is 76.4 cm³/mol. The van der Waals surface area contributed by atoms with E-state index in [-0.39, 0.29) is 0 Å². The van der Waals surface area contributed by atoms with Crippen molar-refractivity contribution >= 4 is 16.5 Å². The maximum absolute atomic E-state index is 5.46. The Hall–Kier alpha value is -2.49. The highest BCUT2D eigenvalue weighted by atomic mass is 16.5. The Kier molecular flexibility index (Phi) is 3.06. The molecule has 4 heteroatoms. The maximum Gasteiger partial charge on any atom is 0.124 e. The Morgan fingerprint density at radius 2 is 2.11 bits per heavy atom. The molecule has 4 nitrogen and oxygen atoms in total. The van der Waals surface area contributed by atoms with Gasteiger partial charge in [-0.1, -0.05) is 30.3 Å². The first kappa shape index (κ1) is 11.6. The van der Waals surface area contributed by atoms with Crippen molar-refractivity contribution in [1.29, 1.82) is 0 Å². The SMILES string of the molecule is COc1ccc2ccccc2c1CNc1cn[nH]c1. The number of anilines is 1. The number of methoxy groups -OCH3 is 1. The molecule has 0 bridgehead atoms. The third-order valence-electron chi connectivity index (χ3n) is 3.19. The first-order valence-corrected chi connectivity index (χ1v) is 6.16. The topological polar surface area (TPSA) is 49.9 Å². The van der Waals surface area contributed by atoms with Crippen molar-refractivity contribution in [2.24, 2.45) is 0 Å². The van der Waals surface area contributed by atoms with Gasteiger partial charge in [0, 0.05) is 18.3 Å². The zero-order chi connectivity index (χ0) is 13.1. The van der Waals surface area contributed by atoms with Crippen LogP contribution in [0.2, 0.25) is 0 Å². The van der Waals surface area contributed by atoms with Crippen LogP contribution in [0.5, 0.6) is 5.75 Å². The van der Waals surface area contributed by atoms with Gasteiger partial charge in [-0.2, -0.15) is 5.10 Å². The van der Waals surface area contributed by atoms with E-state index in [0.29, 0.717) is 6.54 Å². The fourth-order valence-corrected chi connectivity index (χ4v) is 2.23. The number of aromatic amines is 1. The molecule has 0 amide bonds. The monoisotopic (exact) mass is 253 g/mol. The molecule has 0 spiro atoms. The van der Waals surface area contributed by atoms with E-state index in [2.05, 4.69) is 33.7 Å². The number of hydrogen-bond donors (Lipinski definition) is 2. The van der Waals surface area contributed by atoms with Gasteiger partial charge in [0.15, 0.2) is 0 Å². The molecule has 0 aliphatic rings. The molecule has 1 heterocycles. The molecule has 1 aromatic heterocycles. The molecular weight excluding hydrogens is 238 g/mol. The van der Waals surface area contributed by atoms with E-state index in [9.17, 15) is 0 Å². The van der Waals surface area contributed by atoms with Gasteiger partial charge in [0.2, 0.25) is 0 Å². The molecule has 2 aromatic carbocycles. The molecular formula is C15H15N3O. The molecule has 0 radical (unpaired) electrons. The molecule has 0 saturated carbocycles. The van der Waals surface area contributed by atoms with Crippen LogP contribution < -0.4 is 10.1 Å². The molecule has 0 unspecified atom stereocenters. The number of nitrogens with one attached hydrogen (secondary N) is 2. The van der Waals surface area contributed by atoms with E-state index in [1.807, 2.05) is 24.4 Å². The Morgan fingerprint density at radius 3 is 2.89 bits per heavy atom. The molecule has 0 saturated heterocycles. The Balaban J connectivity index is 1.99. The molecule has 3 rings (SSSR count). The molecule has 3 aromatic rings. The highest BCUT2D eigenvalue weighted by molar-refractivity contribution is 5.88. The smallest absolute Gasteiger partial charge is 0.124 e. The molecule has 19 heavy (non-hydrogen) atoms. The number of ether oxygens (including phenoxy) is 1. The third kappa shape index (κ3) is 2.25. The van der Waals surface area contributed by atoms with Crippen LogP contribution in [0, 0.1) is 0 Å². The highest BCUT2D eigenvalue weighted by Crippen LogP contribution is 2.28. The van der Waals surface area contributed by atoms with Crippen molar-refractivity contribution in [2.45, 2.75) is 6.54 Å². The molecule has 2 N–H and O–H groups in total. The second-order valence-electron chi connectivity index (χ2n) is 4.31.